The Labute approximate surface area is 98.6 Å². The van der Waals surface area contributed by atoms with E-state index in [1.54, 1.807) is 12.1 Å². The Morgan fingerprint density at radius 3 is 2.44 bits per heavy atom. The lowest BCUT2D eigenvalue weighted by molar-refractivity contribution is -0.138. The molecule has 1 rings (SSSR count). The van der Waals surface area contributed by atoms with Gasteiger partial charge < -0.3 is 15.9 Å². The first-order valence-electron chi connectivity index (χ1n) is 4.85. The van der Waals surface area contributed by atoms with Gasteiger partial charge in [0.2, 0.25) is 0 Å². The van der Waals surface area contributed by atoms with E-state index in [2.05, 4.69) is 0 Å². The van der Waals surface area contributed by atoms with Crippen LogP contribution in [0.2, 0.25) is 5.02 Å². The number of phenolic OH excluding ortho intramolecular Hbond substituents is 1. The van der Waals surface area contributed by atoms with E-state index in [-0.39, 0.29) is 22.3 Å². The van der Waals surface area contributed by atoms with Crippen molar-refractivity contribution in [2.45, 2.75) is 25.8 Å². The first-order valence-corrected chi connectivity index (χ1v) is 5.23. The molecule has 5 heteroatoms. The number of benzene rings is 1. The van der Waals surface area contributed by atoms with Gasteiger partial charge in [-0.05, 0) is 23.6 Å². The molecule has 0 aliphatic heterocycles. The molecule has 0 saturated heterocycles. The molecule has 0 aliphatic rings. The number of rotatable bonds is 3. The molecule has 0 aromatic heterocycles. The number of hydrogen-bond acceptors (Lipinski definition) is 3. The molecule has 1 aromatic carbocycles. The third-order valence-electron chi connectivity index (χ3n) is 2.38. The lowest BCUT2D eigenvalue weighted by Gasteiger charge is -2.14. The lowest BCUT2D eigenvalue weighted by Crippen LogP contribution is -2.21. The van der Waals surface area contributed by atoms with Crippen LogP contribution < -0.4 is 5.73 Å². The van der Waals surface area contributed by atoms with Crippen LogP contribution in [-0.2, 0) is 4.79 Å². The van der Waals surface area contributed by atoms with E-state index >= 15 is 0 Å². The predicted molar refractivity (Wildman–Crippen MR) is 61.8 cm³/mol. The highest BCUT2D eigenvalue weighted by Crippen LogP contribution is 2.34. The molecule has 1 aromatic rings. The van der Waals surface area contributed by atoms with Crippen LogP contribution in [0, 0.1) is 0 Å². The minimum atomic E-state index is -1.27. The number of nitrogens with two attached hydrogens (primary N) is 1. The van der Waals surface area contributed by atoms with Crippen molar-refractivity contribution in [3.8, 4) is 5.75 Å². The minimum absolute atomic E-state index is 0.123. The zero-order valence-electron chi connectivity index (χ0n) is 9.07. The van der Waals surface area contributed by atoms with Crippen molar-refractivity contribution >= 4 is 17.6 Å². The van der Waals surface area contributed by atoms with Gasteiger partial charge >= 0.3 is 5.97 Å². The Morgan fingerprint density at radius 1 is 1.44 bits per heavy atom. The fourth-order valence-corrected chi connectivity index (χ4v) is 1.58. The molecular weight excluding hydrogens is 230 g/mol. The number of phenols is 1. The van der Waals surface area contributed by atoms with Crippen LogP contribution >= 0.6 is 11.6 Å². The molecule has 4 nitrogen and oxygen atoms in total. The number of hydrogen-bond donors (Lipinski definition) is 3. The molecule has 0 spiro atoms. The highest BCUT2D eigenvalue weighted by atomic mass is 35.5. The van der Waals surface area contributed by atoms with E-state index in [9.17, 15) is 9.90 Å². The van der Waals surface area contributed by atoms with Gasteiger partial charge in [0.15, 0.2) is 0 Å². The lowest BCUT2D eigenvalue weighted by atomic mass is 9.97. The molecule has 4 N–H and O–H groups in total. The molecule has 0 saturated carbocycles. The Morgan fingerprint density at radius 2 is 2.00 bits per heavy atom. The zero-order chi connectivity index (χ0) is 12.5. The molecule has 0 heterocycles. The largest absolute Gasteiger partial charge is 0.506 e. The summed E-state index contributed by atoms with van der Waals surface area (Å²) in [5.41, 5.74) is 6.44. The summed E-state index contributed by atoms with van der Waals surface area (Å²) in [5.74, 6) is -1.29. The Hall–Kier alpha value is -1.26. The van der Waals surface area contributed by atoms with Crippen LogP contribution in [-0.4, -0.2) is 16.2 Å². The summed E-state index contributed by atoms with van der Waals surface area (Å²) >= 11 is 5.81. The molecule has 0 fully saturated rings. The molecule has 1 atom stereocenters. The quantitative estimate of drug-likeness (QED) is 0.760. The fraction of sp³-hybridized carbons (Fsp3) is 0.364. The molecular formula is C11H14ClNO3. The second kappa shape index (κ2) is 4.72. The maximum atomic E-state index is 10.8. The summed E-state index contributed by atoms with van der Waals surface area (Å²) in [4.78, 5) is 10.8. The Balaban J connectivity index is 3.32. The topological polar surface area (TPSA) is 83.5 Å². The normalized spacial score (nSPS) is 12.8. The Kier molecular flexibility index (Phi) is 3.78. The Bertz CT molecular complexity index is 418. The summed E-state index contributed by atoms with van der Waals surface area (Å²) < 4.78 is 0. The van der Waals surface area contributed by atoms with Crippen molar-refractivity contribution in [2.24, 2.45) is 5.73 Å². The van der Waals surface area contributed by atoms with Gasteiger partial charge in [0.1, 0.15) is 11.8 Å². The number of aliphatic carboxylic acids is 1. The maximum Gasteiger partial charge on any atom is 0.325 e. The van der Waals surface area contributed by atoms with Crippen LogP contribution in [0.5, 0.6) is 5.75 Å². The minimum Gasteiger partial charge on any atom is -0.506 e. The fourth-order valence-electron chi connectivity index (χ4n) is 1.35. The molecule has 0 radical (unpaired) electrons. The van der Waals surface area contributed by atoms with Crippen LogP contribution in [0.1, 0.15) is 36.9 Å². The van der Waals surface area contributed by atoms with Crippen LogP contribution in [0.15, 0.2) is 12.1 Å². The number of carboxylic acids is 1. The third-order valence-corrected chi connectivity index (χ3v) is 2.67. The van der Waals surface area contributed by atoms with E-state index in [1.807, 2.05) is 13.8 Å². The van der Waals surface area contributed by atoms with Crippen LogP contribution in [0.3, 0.4) is 0 Å². The molecule has 16 heavy (non-hydrogen) atoms. The molecule has 0 unspecified atom stereocenters. The van der Waals surface area contributed by atoms with Crippen molar-refractivity contribution in [3.05, 3.63) is 28.3 Å². The van der Waals surface area contributed by atoms with Gasteiger partial charge in [-0.2, -0.15) is 0 Å². The number of carbonyl (C=O) groups is 1. The van der Waals surface area contributed by atoms with Crippen LogP contribution in [0.4, 0.5) is 0 Å². The first-order chi connectivity index (χ1) is 7.34. The van der Waals surface area contributed by atoms with Gasteiger partial charge in [-0.3, -0.25) is 4.79 Å². The van der Waals surface area contributed by atoms with E-state index in [0.29, 0.717) is 0 Å². The SMILES string of the molecule is CC(C)c1cc(Cl)c(O)c([C@H](N)C(=O)O)c1. The van der Waals surface area contributed by atoms with Gasteiger partial charge in [-0.15, -0.1) is 0 Å². The van der Waals surface area contributed by atoms with Crippen molar-refractivity contribution in [1.82, 2.24) is 0 Å². The number of carboxylic acid groups (broad SMARTS) is 1. The molecule has 0 amide bonds. The second-order valence-corrected chi connectivity index (χ2v) is 4.32. The summed E-state index contributed by atoms with van der Waals surface area (Å²) in [6, 6.07) is 1.92. The maximum absolute atomic E-state index is 10.8. The highest BCUT2D eigenvalue weighted by molar-refractivity contribution is 6.32. The van der Waals surface area contributed by atoms with E-state index in [1.165, 1.54) is 0 Å². The smallest absolute Gasteiger partial charge is 0.325 e. The van der Waals surface area contributed by atoms with Crippen LogP contribution in [0.25, 0.3) is 0 Å². The van der Waals surface area contributed by atoms with Crippen molar-refractivity contribution in [2.75, 3.05) is 0 Å². The van der Waals surface area contributed by atoms with Gasteiger partial charge in [0, 0.05) is 5.56 Å². The van der Waals surface area contributed by atoms with E-state index < -0.39 is 12.0 Å². The highest BCUT2D eigenvalue weighted by Gasteiger charge is 2.21. The third kappa shape index (κ3) is 2.46. The zero-order valence-corrected chi connectivity index (χ0v) is 9.82. The molecule has 88 valence electrons. The monoisotopic (exact) mass is 243 g/mol. The van der Waals surface area contributed by atoms with Crippen molar-refractivity contribution in [1.29, 1.82) is 0 Å². The van der Waals surface area contributed by atoms with E-state index in [0.717, 1.165) is 5.56 Å². The van der Waals surface area contributed by atoms with Crippen molar-refractivity contribution in [3.63, 3.8) is 0 Å². The predicted octanol–water partition coefficient (Wildman–Crippen LogP) is 2.25. The summed E-state index contributed by atoms with van der Waals surface area (Å²) in [6.07, 6.45) is 0. The van der Waals surface area contributed by atoms with Gasteiger partial charge in [-0.25, -0.2) is 0 Å². The van der Waals surface area contributed by atoms with Crippen molar-refractivity contribution < 1.29 is 15.0 Å². The van der Waals surface area contributed by atoms with E-state index in [4.69, 9.17) is 22.4 Å². The van der Waals surface area contributed by atoms with Gasteiger partial charge in [-0.1, -0.05) is 25.4 Å². The van der Waals surface area contributed by atoms with Gasteiger partial charge in [0.05, 0.1) is 5.02 Å². The average Bonchev–Trinajstić information content (AvgIpc) is 2.20. The standard InChI is InChI=1S/C11H14ClNO3/c1-5(2)6-3-7(9(13)11(15)16)10(14)8(12)4-6/h3-5,9,14H,13H2,1-2H3,(H,15,16)/t9-/m0/s1. The second-order valence-electron chi connectivity index (χ2n) is 3.91. The van der Waals surface area contributed by atoms with Gasteiger partial charge in [0.25, 0.3) is 0 Å². The first kappa shape index (κ1) is 12.8. The summed E-state index contributed by atoms with van der Waals surface area (Å²) in [7, 11) is 0. The summed E-state index contributed by atoms with van der Waals surface area (Å²) in [6.45, 7) is 3.89. The average molecular weight is 244 g/mol. The molecule has 0 bridgehead atoms. The summed E-state index contributed by atoms with van der Waals surface area (Å²) in [5, 5.41) is 18.6. The molecule has 0 aliphatic carbocycles. The number of aromatic hydroxyl groups is 1. The number of halogens is 1.